The monoisotopic (exact) mass is 430 g/mol. The average molecular weight is 431 g/mol. The van der Waals surface area contributed by atoms with Crippen LogP contribution in [0.3, 0.4) is 0 Å². The Labute approximate surface area is 182 Å². The third-order valence-electron chi connectivity index (χ3n) is 6.03. The molecule has 2 aromatic rings. The highest BCUT2D eigenvalue weighted by Crippen LogP contribution is 2.26. The molecular weight excluding hydrogens is 400 g/mol. The van der Waals surface area contributed by atoms with Crippen molar-refractivity contribution in [3.05, 3.63) is 62.0 Å². The molecule has 0 bridgehead atoms. The number of nitrogens with one attached hydrogen (secondary N) is 1. The van der Waals surface area contributed by atoms with Crippen molar-refractivity contribution in [3.8, 4) is 0 Å². The van der Waals surface area contributed by atoms with Crippen molar-refractivity contribution >= 4 is 17.5 Å². The van der Waals surface area contributed by atoms with E-state index in [-0.39, 0.29) is 17.9 Å². The van der Waals surface area contributed by atoms with Gasteiger partial charge in [-0.2, -0.15) is 5.10 Å². The maximum absolute atomic E-state index is 12.9. The second kappa shape index (κ2) is 10.7. The summed E-state index contributed by atoms with van der Waals surface area (Å²) in [6.07, 6.45) is 9.06. The summed E-state index contributed by atoms with van der Waals surface area (Å²) in [5.41, 5.74) is 8.68. The summed E-state index contributed by atoms with van der Waals surface area (Å²) in [6.45, 7) is 3.14. The largest absolute Gasteiger partial charge is 0.352 e. The molecule has 162 valence electrons. The lowest BCUT2D eigenvalue weighted by Crippen LogP contribution is -2.32. The smallest absolute Gasteiger partial charge is 0.270 e. The summed E-state index contributed by atoms with van der Waals surface area (Å²) in [4.78, 5) is 25.5. The highest BCUT2D eigenvalue weighted by molar-refractivity contribution is 6.30. The van der Waals surface area contributed by atoms with E-state index in [1.54, 1.807) is 18.3 Å². The van der Waals surface area contributed by atoms with E-state index in [4.69, 9.17) is 17.3 Å². The summed E-state index contributed by atoms with van der Waals surface area (Å²) in [5.74, 6) is 0.470. The Kier molecular flexibility index (Phi) is 8.05. The molecule has 3 rings (SSSR count). The standard InChI is InChI=1S/C23H31ClN4O2/c1-16-14-27-28(10-9-17-5-3-2-4-6-17)23(30)21(16)12-22(29)26-15-19-11-20(24)8-7-18(19)13-25/h7-8,11,14,17H,2-6,9-10,12-13,15,25H2,1H3,(H,26,29). The molecule has 1 aromatic heterocycles. The van der Waals surface area contributed by atoms with Crippen LogP contribution in [0.4, 0.5) is 0 Å². The zero-order valence-corrected chi connectivity index (χ0v) is 18.4. The van der Waals surface area contributed by atoms with Crippen LogP contribution in [0.25, 0.3) is 0 Å². The number of benzene rings is 1. The molecule has 0 spiro atoms. The van der Waals surface area contributed by atoms with Gasteiger partial charge in [0.05, 0.1) is 12.6 Å². The van der Waals surface area contributed by atoms with E-state index in [0.29, 0.717) is 36.1 Å². The summed E-state index contributed by atoms with van der Waals surface area (Å²) in [7, 11) is 0. The molecule has 30 heavy (non-hydrogen) atoms. The Bertz CT molecular complexity index is 935. The van der Waals surface area contributed by atoms with Gasteiger partial charge in [-0.15, -0.1) is 0 Å². The van der Waals surface area contributed by atoms with Crippen LogP contribution in [0.2, 0.25) is 5.02 Å². The minimum absolute atomic E-state index is 0.0368. The number of nitrogens with two attached hydrogens (primary N) is 1. The lowest BCUT2D eigenvalue weighted by atomic mass is 9.87. The molecule has 0 aliphatic heterocycles. The van der Waals surface area contributed by atoms with Crippen LogP contribution in [0.5, 0.6) is 0 Å². The number of nitrogens with zero attached hydrogens (tertiary/aromatic N) is 2. The normalized spacial score (nSPS) is 14.6. The molecule has 0 saturated heterocycles. The zero-order valence-electron chi connectivity index (χ0n) is 17.6. The van der Waals surface area contributed by atoms with Gasteiger partial charge in [0.15, 0.2) is 0 Å². The van der Waals surface area contributed by atoms with Crippen LogP contribution in [0, 0.1) is 12.8 Å². The van der Waals surface area contributed by atoms with Crippen molar-refractivity contribution in [3.63, 3.8) is 0 Å². The Balaban J connectivity index is 1.63. The van der Waals surface area contributed by atoms with Gasteiger partial charge in [-0.1, -0.05) is 49.8 Å². The van der Waals surface area contributed by atoms with Crippen molar-refractivity contribution in [2.75, 3.05) is 0 Å². The predicted molar refractivity (Wildman–Crippen MR) is 119 cm³/mol. The van der Waals surface area contributed by atoms with Crippen molar-refractivity contribution in [2.45, 2.75) is 71.5 Å². The maximum Gasteiger partial charge on any atom is 0.270 e. The Morgan fingerprint density at radius 3 is 2.77 bits per heavy atom. The number of carbonyl (C=O) groups is 1. The van der Waals surface area contributed by atoms with E-state index >= 15 is 0 Å². The number of amides is 1. The molecule has 0 unspecified atom stereocenters. The molecule has 1 fully saturated rings. The van der Waals surface area contributed by atoms with Crippen LogP contribution in [-0.4, -0.2) is 15.7 Å². The second-order valence-corrected chi connectivity index (χ2v) is 8.63. The topological polar surface area (TPSA) is 90.0 Å². The number of rotatable bonds is 8. The fourth-order valence-electron chi connectivity index (χ4n) is 4.14. The Hall–Kier alpha value is -2.18. The zero-order chi connectivity index (χ0) is 21.5. The summed E-state index contributed by atoms with van der Waals surface area (Å²) < 4.78 is 1.52. The van der Waals surface area contributed by atoms with Crippen molar-refractivity contribution < 1.29 is 4.79 Å². The Morgan fingerprint density at radius 2 is 2.03 bits per heavy atom. The molecule has 0 radical (unpaired) electrons. The van der Waals surface area contributed by atoms with E-state index in [2.05, 4.69) is 10.4 Å². The highest BCUT2D eigenvalue weighted by Gasteiger charge is 2.16. The molecule has 6 nitrogen and oxygen atoms in total. The molecule has 7 heteroatoms. The molecule has 0 atom stereocenters. The number of carbonyl (C=O) groups excluding carboxylic acids is 1. The fourth-order valence-corrected chi connectivity index (χ4v) is 4.34. The number of aryl methyl sites for hydroxylation is 2. The van der Waals surface area contributed by atoms with E-state index in [1.807, 2.05) is 13.0 Å². The van der Waals surface area contributed by atoms with Gasteiger partial charge in [0.25, 0.3) is 5.56 Å². The molecule has 1 aliphatic rings. The van der Waals surface area contributed by atoms with Crippen LogP contribution < -0.4 is 16.6 Å². The van der Waals surface area contributed by atoms with Crippen molar-refractivity contribution in [1.82, 2.24) is 15.1 Å². The third-order valence-corrected chi connectivity index (χ3v) is 6.27. The molecule has 3 N–H and O–H groups in total. The maximum atomic E-state index is 12.9. The lowest BCUT2D eigenvalue weighted by Gasteiger charge is -2.21. The summed E-state index contributed by atoms with van der Waals surface area (Å²) in [6, 6.07) is 5.45. The number of hydrogen-bond acceptors (Lipinski definition) is 4. The minimum atomic E-state index is -0.205. The Morgan fingerprint density at radius 1 is 1.27 bits per heavy atom. The first-order valence-corrected chi connectivity index (χ1v) is 11.2. The van der Waals surface area contributed by atoms with Crippen LogP contribution in [0.15, 0.2) is 29.2 Å². The first kappa shape index (κ1) is 22.5. The van der Waals surface area contributed by atoms with E-state index in [9.17, 15) is 9.59 Å². The van der Waals surface area contributed by atoms with E-state index < -0.39 is 0 Å². The van der Waals surface area contributed by atoms with Gasteiger partial charge in [0.1, 0.15) is 0 Å². The molecule has 1 aliphatic carbocycles. The number of hydrogen-bond donors (Lipinski definition) is 2. The highest BCUT2D eigenvalue weighted by atomic mass is 35.5. The summed E-state index contributed by atoms with van der Waals surface area (Å²) >= 11 is 6.06. The first-order chi connectivity index (χ1) is 14.5. The number of halogens is 1. The quantitative estimate of drug-likeness (QED) is 0.670. The van der Waals surface area contributed by atoms with Crippen LogP contribution in [-0.2, 0) is 30.8 Å². The van der Waals surface area contributed by atoms with Crippen molar-refractivity contribution in [2.24, 2.45) is 11.7 Å². The second-order valence-electron chi connectivity index (χ2n) is 8.20. The van der Waals surface area contributed by atoms with Gasteiger partial charge >= 0.3 is 0 Å². The first-order valence-electron chi connectivity index (χ1n) is 10.8. The van der Waals surface area contributed by atoms with Crippen LogP contribution in [0.1, 0.15) is 60.8 Å². The third kappa shape index (κ3) is 5.92. The number of aromatic nitrogens is 2. The predicted octanol–water partition coefficient (Wildman–Crippen LogP) is 3.49. The van der Waals surface area contributed by atoms with Crippen LogP contribution >= 0.6 is 11.6 Å². The SMILES string of the molecule is Cc1cnn(CCC2CCCCC2)c(=O)c1CC(=O)NCc1cc(Cl)ccc1CN. The van der Waals surface area contributed by atoms with Gasteiger partial charge in [0, 0.05) is 30.2 Å². The molecule has 1 heterocycles. The van der Waals surface area contributed by atoms with Gasteiger partial charge < -0.3 is 11.1 Å². The summed E-state index contributed by atoms with van der Waals surface area (Å²) in [5, 5.41) is 7.78. The minimum Gasteiger partial charge on any atom is -0.352 e. The van der Waals surface area contributed by atoms with Crippen molar-refractivity contribution in [1.29, 1.82) is 0 Å². The molecule has 1 saturated carbocycles. The molecular formula is C23H31ClN4O2. The van der Waals surface area contributed by atoms with E-state index in [0.717, 1.165) is 23.1 Å². The molecule has 1 aromatic carbocycles. The average Bonchev–Trinajstić information content (AvgIpc) is 2.75. The van der Waals surface area contributed by atoms with Gasteiger partial charge in [-0.3, -0.25) is 9.59 Å². The van der Waals surface area contributed by atoms with Gasteiger partial charge in [-0.25, -0.2) is 4.68 Å². The van der Waals surface area contributed by atoms with E-state index in [1.165, 1.54) is 36.8 Å². The lowest BCUT2D eigenvalue weighted by molar-refractivity contribution is -0.120. The van der Waals surface area contributed by atoms with Gasteiger partial charge in [0.2, 0.25) is 5.91 Å². The molecule has 1 amide bonds. The van der Waals surface area contributed by atoms with Gasteiger partial charge in [-0.05, 0) is 48.1 Å². The fraction of sp³-hybridized carbons (Fsp3) is 0.522.